The molecule has 1 saturated heterocycles. The summed E-state index contributed by atoms with van der Waals surface area (Å²) >= 11 is 0. The fraction of sp³-hybridized carbons (Fsp3) is 0.467. The number of benzene rings is 1. The summed E-state index contributed by atoms with van der Waals surface area (Å²) < 4.78 is 5.88. The standard InChI is InChI=1S/C15H19NO/c1-3-13-11(8-9-16-13)15-10(2)17-14-7-5-4-6-12(14)15/h4-7,11,13,16H,3,8-9H2,1-2H3. The Morgan fingerprint density at radius 2 is 2.18 bits per heavy atom. The Bertz CT molecular complexity index is 529. The first kappa shape index (κ1) is 10.8. The molecule has 0 aliphatic carbocycles. The lowest BCUT2D eigenvalue weighted by atomic mass is 9.88. The molecule has 90 valence electrons. The van der Waals surface area contributed by atoms with Crippen LogP contribution in [0.3, 0.4) is 0 Å². The molecule has 1 aliphatic rings. The third kappa shape index (κ3) is 1.67. The normalized spacial score (nSPS) is 24.6. The highest BCUT2D eigenvalue weighted by Crippen LogP contribution is 2.37. The van der Waals surface area contributed by atoms with Gasteiger partial charge in [0.05, 0.1) is 0 Å². The molecule has 0 spiro atoms. The van der Waals surface area contributed by atoms with E-state index in [1.165, 1.54) is 23.8 Å². The minimum atomic E-state index is 0.606. The highest BCUT2D eigenvalue weighted by Gasteiger charge is 2.30. The lowest BCUT2D eigenvalue weighted by Gasteiger charge is -2.17. The first-order chi connectivity index (χ1) is 8.31. The summed E-state index contributed by atoms with van der Waals surface area (Å²) in [7, 11) is 0. The number of aryl methyl sites for hydroxylation is 1. The first-order valence-electron chi connectivity index (χ1n) is 6.52. The van der Waals surface area contributed by atoms with Crippen molar-refractivity contribution in [1.29, 1.82) is 0 Å². The second-order valence-corrected chi connectivity index (χ2v) is 4.93. The lowest BCUT2D eigenvalue weighted by Crippen LogP contribution is -2.24. The third-order valence-corrected chi connectivity index (χ3v) is 3.98. The van der Waals surface area contributed by atoms with Crippen molar-refractivity contribution in [2.24, 2.45) is 0 Å². The zero-order valence-corrected chi connectivity index (χ0v) is 10.5. The maximum atomic E-state index is 5.88. The van der Waals surface area contributed by atoms with Crippen LogP contribution in [0.2, 0.25) is 0 Å². The SMILES string of the molecule is CCC1NCCC1c1c(C)oc2ccccc12. The van der Waals surface area contributed by atoms with Crippen LogP contribution in [0.25, 0.3) is 11.0 Å². The van der Waals surface area contributed by atoms with Gasteiger partial charge in [-0.2, -0.15) is 0 Å². The van der Waals surface area contributed by atoms with Gasteiger partial charge in [0, 0.05) is 22.9 Å². The van der Waals surface area contributed by atoms with Crippen LogP contribution in [-0.2, 0) is 0 Å². The smallest absolute Gasteiger partial charge is 0.134 e. The van der Waals surface area contributed by atoms with Crippen molar-refractivity contribution in [3.8, 4) is 0 Å². The zero-order valence-electron chi connectivity index (χ0n) is 10.5. The van der Waals surface area contributed by atoms with Gasteiger partial charge in [-0.15, -0.1) is 0 Å². The number of nitrogens with one attached hydrogen (secondary N) is 1. The maximum Gasteiger partial charge on any atom is 0.134 e. The van der Waals surface area contributed by atoms with Crippen LogP contribution < -0.4 is 5.32 Å². The molecular formula is C15H19NO. The highest BCUT2D eigenvalue weighted by atomic mass is 16.3. The van der Waals surface area contributed by atoms with Crippen LogP contribution in [0.5, 0.6) is 0 Å². The van der Waals surface area contributed by atoms with Gasteiger partial charge in [-0.05, 0) is 32.4 Å². The van der Waals surface area contributed by atoms with E-state index >= 15 is 0 Å². The molecule has 0 amide bonds. The van der Waals surface area contributed by atoms with Crippen LogP contribution in [0.1, 0.15) is 37.0 Å². The monoisotopic (exact) mass is 229 g/mol. The van der Waals surface area contributed by atoms with E-state index in [0.29, 0.717) is 12.0 Å². The Morgan fingerprint density at radius 1 is 1.35 bits per heavy atom. The van der Waals surface area contributed by atoms with Gasteiger partial charge in [-0.25, -0.2) is 0 Å². The number of hydrogen-bond acceptors (Lipinski definition) is 2. The number of hydrogen-bond donors (Lipinski definition) is 1. The molecular weight excluding hydrogens is 210 g/mol. The molecule has 2 atom stereocenters. The molecule has 2 nitrogen and oxygen atoms in total. The summed E-state index contributed by atoms with van der Waals surface area (Å²) in [6.45, 7) is 5.48. The van der Waals surface area contributed by atoms with Crippen molar-refractivity contribution in [3.63, 3.8) is 0 Å². The lowest BCUT2D eigenvalue weighted by molar-refractivity contribution is 0.513. The van der Waals surface area contributed by atoms with Gasteiger partial charge in [0.25, 0.3) is 0 Å². The molecule has 1 aromatic carbocycles. The van der Waals surface area contributed by atoms with Gasteiger partial charge in [-0.1, -0.05) is 25.1 Å². The summed E-state index contributed by atoms with van der Waals surface area (Å²) in [5.41, 5.74) is 2.46. The van der Waals surface area contributed by atoms with E-state index in [1.807, 2.05) is 6.07 Å². The maximum absolute atomic E-state index is 5.88. The Kier molecular flexibility index (Phi) is 2.67. The van der Waals surface area contributed by atoms with E-state index in [-0.39, 0.29) is 0 Å². The summed E-state index contributed by atoms with van der Waals surface area (Å²) in [5.74, 6) is 1.71. The summed E-state index contributed by atoms with van der Waals surface area (Å²) in [5, 5.41) is 4.90. The van der Waals surface area contributed by atoms with Gasteiger partial charge in [0.1, 0.15) is 11.3 Å². The average molecular weight is 229 g/mol. The van der Waals surface area contributed by atoms with Crippen molar-refractivity contribution in [1.82, 2.24) is 5.32 Å². The summed E-state index contributed by atoms with van der Waals surface area (Å²) in [6, 6.07) is 9.00. The fourth-order valence-electron chi connectivity index (χ4n) is 3.19. The van der Waals surface area contributed by atoms with Gasteiger partial charge in [-0.3, -0.25) is 0 Å². The Balaban J connectivity index is 2.13. The largest absolute Gasteiger partial charge is 0.461 e. The number of rotatable bonds is 2. The predicted molar refractivity (Wildman–Crippen MR) is 70.4 cm³/mol. The van der Waals surface area contributed by atoms with Crippen LogP contribution in [0.15, 0.2) is 28.7 Å². The van der Waals surface area contributed by atoms with Crippen molar-refractivity contribution in [2.45, 2.75) is 38.6 Å². The molecule has 1 N–H and O–H groups in total. The van der Waals surface area contributed by atoms with Crippen molar-refractivity contribution >= 4 is 11.0 Å². The Hall–Kier alpha value is -1.28. The number of fused-ring (bicyclic) bond motifs is 1. The molecule has 3 rings (SSSR count). The van der Waals surface area contributed by atoms with Crippen LogP contribution in [-0.4, -0.2) is 12.6 Å². The molecule has 1 fully saturated rings. The van der Waals surface area contributed by atoms with Crippen LogP contribution in [0, 0.1) is 6.92 Å². The Morgan fingerprint density at radius 3 is 3.00 bits per heavy atom. The van der Waals surface area contributed by atoms with E-state index in [1.54, 1.807) is 0 Å². The van der Waals surface area contributed by atoms with Crippen LogP contribution in [0.4, 0.5) is 0 Å². The molecule has 0 saturated carbocycles. The van der Waals surface area contributed by atoms with Crippen molar-refractivity contribution < 1.29 is 4.42 Å². The number of para-hydroxylation sites is 1. The third-order valence-electron chi connectivity index (χ3n) is 3.98. The molecule has 1 aromatic heterocycles. The molecule has 17 heavy (non-hydrogen) atoms. The van der Waals surface area contributed by atoms with E-state index in [0.717, 1.165) is 17.9 Å². The predicted octanol–water partition coefficient (Wildman–Crippen LogP) is 3.60. The minimum Gasteiger partial charge on any atom is -0.461 e. The number of furan rings is 1. The quantitative estimate of drug-likeness (QED) is 0.851. The minimum absolute atomic E-state index is 0.606. The van der Waals surface area contributed by atoms with Gasteiger partial charge in [0.15, 0.2) is 0 Å². The molecule has 1 aliphatic heterocycles. The van der Waals surface area contributed by atoms with E-state index in [4.69, 9.17) is 4.42 Å². The molecule has 2 heterocycles. The topological polar surface area (TPSA) is 25.2 Å². The first-order valence-corrected chi connectivity index (χ1v) is 6.52. The molecule has 2 aromatic rings. The second-order valence-electron chi connectivity index (χ2n) is 4.93. The Labute approximate surface area is 102 Å². The highest BCUT2D eigenvalue weighted by molar-refractivity contribution is 5.83. The summed E-state index contributed by atoms with van der Waals surface area (Å²) in [4.78, 5) is 0. The molecule has 2 heteroatoms. The van der Waals surface area contributed by atoms with E-state index < -0.39 is 0 Å². The van der Waals surface area contributed by atoms with Gasteiger partial charge >= 0.3 is 0 Å². The molecule has 0 radical (unpaired) electrons. The van der Waals surface area contributed by atoms with Crippen molar-refractivity contribution in [3.05, 3.63) is 35.6 Å². The molecule has 0 bridgehead atoms. The fourth-order valence-corrected chi connectivity index (χ4v) is 3.19. The average Bonchev–Trinajstić information content (AvgIpc) is 2.90. The summed E-state index contributed by atoms with van der Waals surface area (Å²) in [6.07, 6.45) is 2.41. The zero-order chi connectivity index (χ0) is 11.8. The second kappa shape index (κ2) is 4.19. The van der Waals surface area contributed by atoms with Crippen molar-refractivity contribution in [2.75, 3.05) is 6.54 Å². The van der Waals surface area contributed by atoms with Gasteiger partial charge in [0.2, 0.25) is 0 Å². The van der Waals surface area contributed by atoms with Gasteiger partial charge < -0.3 is 9.73 Å². The van der Waals surface area contributed by atoms with E-state index in [2.05, 4.69) is 37.4 Å². The van der Waals surface area contributed by atoms with Crippen LogP contribution >= 0.6 is 0 Å². The van der Waals surface area contributed by atoms with E-state index in [9.17, 15) is 0 Å². The molecule has 2 unspecified atom stereocenters.